The zero-order valence-corrected chi connectivity index (χ0v) is 8.61. The Labute approximate surface area is 90.8 Å². The van der Waals surface area contributed by atoms with Gasteiger partial charge in [-0.25, -0.2) is 0 Å². The second kappa shape index (κ2) is 7.51. The van der Waals surface area contributed by atoms with Gasteiger partial charge in [-0.15, -0.1) is 0 Å². The average Bonchev–Trinajstić information content (AvgIpc) is 1.87. The van der Waals surface area contributed by atoms with E-state index < -0.39 is 18.0 Å². The Balaban J connectivity index is 0. The van der Waals surface area contributed by atoms with Crippen LogP contribution in [0, 0.1) is 0 Å². The van der Waals surface area contributed by atoms with Crippen LogP contribution in [-0.4, -0.2) is 28.3 Å². The third kappa shape index (κ3) is 6.56. The number of rotatable bonds is 5. The first-order valence-electron chi connectivity index (χ1n) is 2.90. The minimum atomic E-state index is -1.52. The Kier molecular flexibility index (Phi) is 9.00. The van der Waals surface area contributed by atoms with E-state index in [4.69, 9.17) is 10.3 Å². The molecule has 0 aliphatic heterocycles. The number of nitrogens with one attached hydrogen (secondary N) is 1. The number of carbonyl (C=O) groups is 2. The number of hydrogen-bond donors (Lipinski definition) is 3. The molecule has 0 aromatic rings. The molecule has 6 nitrogen and oxygen atoms in total. The maximum atomic E-state index is 10.0. The van der Waals surface area contributed by atoms with Gasteiger partial charge in [-0.3, -0.25) is 4.79 Å². The Morgan fingerprint density at radius 1 is 1.50 bits per heavy atom. The summed E-state index contributed by atoms with van der Waals surface area (Å²) in [5.74, 6) is -2.64. The molecular formula is C5H8NNaO5. The Morgan fingerprint density at radius 3 is 2.25 bits per heavy atom. The summed E-state index contributed by atoms with van der Waals surface area (Å²) >= 11 is 0. The number of hydrogen-bond acceptors (Lipinski definition) is 5. The van der Waals surface area contributed by atoms with Crippen LogP contribution < -0.4 is 40.1 Å². The van der Waals surface area contributed by atoms with Crippen molar-refractivity contribution >= 4 is 11.9 Å². The van der Waals surface area contributed by atoms with Crippen LogP contribution in [0.3, 0.4) is 0 Å². The van der Waals surface area contributed by atoms with E-state index in [0.29, 0.717) is 0 Å². The van der Waals surface area contributed by atoms with Gasteiger partial charge in [0.25, 0.3) is 0 Å². The van der Waals surface area contributed by atoms with E-state index in [1.54, 1.807) is 0 Å². The van der Waals surface area contributed by atoms with Crippen molar-refractivity contribution in [2.24, 2.45) is 0 Å². The van der Waals surface area contributed by atoms with E-state index in [2.05, 4.69) is 0 Å². The second-order valence-electron chi connectivity index (χ2n) is 1.93. The molecule has 0 spiro atoms. The molecule has 0 bridgehead atoms. The zero-order valence-electron chi connectivity index (χ0n) is 6.61. The van der Waals surface area contributed by atoms with Crippen LogP contribution in [0.2, 0.25) is 0 Å². The molecule has 0 heterocycles. The van der Waals surface area contributed by atoms with Crippen LogP contribution in [0.5, 0.6) is 0 Å². The van der Waals surface area contributed by atoms with Gasteiger partial charge in [-0.2, -0.15) is 5.48 Å². The van der Waals surface area contributed by atoms with Crippen molar-refractivity contribution in [2.45, 2.75) is 18.9 Å². The smallest absolute Gasteiger partial charge is 0.548 e. The first-order valence-corrected chi connectivity index (χ1v) is 2.90. The Hall–Kier alpha value is -0.140. The van der Waals surface area contributed by atoms with E-state index in [9.17, 15) is 14.7 Å². The van der Waals surface area contributed by atoms with Gasteiger partial charge >= 0.3 is 35.5 Å². The van der Waals surface area contributed by atoms with Gasteiger partial charge in [0.2, 0.25) is 0 Å². The minimum absolute atomic E-state index is 0. The summed E-state index contributed by atoms with van der Waals surface area (Å²) in [6, 6.07) is -1.31. The van der Waals surface area contributed by atoms with Gasteiger partial charge in [0, 0.05) is 6.42 Å². The monoisotopic (exact) mass is 185 g/mol. The van der Waals surface area contributed by atoms with E-state index >= 15 is 0 Å². The number of carboxylic acid groups (broad SMARTS) is 2. The van der Waals surface area contributed by atoms with Gasteiger partial charge in [0.1, 0.15) is 0 Å². The van der Waals surface area contributed by atoms with Gasteiger partial charge in [0.15, 0.2) is 0 Å². The first kappa shape index (κ1) is 14.4. The Bertz CT molecular complexity index is 162. The fraction of sp³-hybridized carbons (Fsp3) is 0.600. The topological polar surface area (TPSA) is 110 Å². The maximum absolute atomic E-state index is 10.0. The van der Waals surface area contributed by atoms with Crippen LogP contribution in [0.25, 0.3) is 0 Å². The molecule has 1 atom stereocenters. The van der Waals surface area contributed by atoms with Crippen molar-refractivity contribution in [1.29, 1.82) is 0 Å². The van der Waals surface area contributed by atoms with Crippen molar-refractivity contribution in [3.8, 4) is 0 Å². The summed E-state index contributed by atoms with van der Waals surface area (Å²) in [6.45, 7) is 0. The van der Waals surface area contributed by atoms with Crippen LogP contribution in [0.4, 0.5) is 0 Å². The first-order chi connectivity index (χ1) is 5.07. The van der Waals surface area contributed by atoms with E-state index in [0.717, 1.165) is 0 Å². The normalized spacial score (nSPS) is 11.4. The molecule has 0 aliphatic carbocycles. The summed E-state index contributed by atoms with van der Waals surface area (Å²) in [5.41, 5.74) is 1.43. The van der Waals surface area contributed by atoms with E-state index in [-0.39, 0.29) is 42.4 Å². The summed E-state index contributed by atoms with van der Waals surface area (Å²) in [5, 5.41) is 26.3. The summed E-state index contributed by atoms with van der Waals surface area (Å²) in [6.07, 6.45) is -0.527. The zero-order chi connectivity index (χ0) is 8.85. The van der Waals surface area contributed by atoms with Crippen LogP contribution in [0.15, 0.2) is 0 Å². The second-order valence-corrected chi connectivity index (χ2v) is 1.93. The fourth-order valence-corrected chi connectivity index (χ4v) is 0.503. The molecular weight excluding hydrogens is 177 g/mol. The number of hydroxylamine groups is 1. The third-order valence-electron chi connectivity index (χ3n) is 1.09. The van der Waals surface area contributed by atoms with Crippen molar-refractivity contribution in [3.05, 3.63) is 0 Å². The number of carboxylic acids is 2. The molecule has 0 aliphatic rings. The number of aliphatic carboxylic acids is 2. The molecule has 0 unspecified atom stereocenters. The van der Waals surface area contributed by atoms with Crippen molar-refractivity contribution in [2.75, 3.05) is 0 Å². The standard InChI is InChI=1S/C5H9NO5.Na/c7-4(8)2-1-3(6-11)5(9)10;/h3,6,11H,1-2H2,(H,7,8)(H,9,10);/q;+1/p-1/t3-;/m0./s1. The molecule has 0 fully saturated rings. The largest absolute Gasteiger partial charge is 1.00 e. The van der Waals surface area contributed by atoms with Gasteiger partial charge in [0.05, 0.1) is 12.0 Å². The molecule has 0 amide bonds. The van der Waals surface area contributed by atoms with Gasteiger partial charge < -0.3 is 20.2 Å². The minimum Gasteiger partial charge on any atom is -0.548 e. The van der Waals surface area contributed by atoms with Crippen molar-refractivity contribution in [3.63, 3.8) is 0 Å². The average molecular weight is 185 g/mol. The molecule has 0 saturated carbocycles. The van der Waals surface area contributed by atoms with Crippen LogP contribution in [-0.2, 0) is 9.59 Å². The predicted molar refractivity (Wildman–Crippen MR) is 30.6 cm³/mol. The molecule has 0 aromatic heterocycles. The van der Waals surface area contributed by atoms with Crippen molar-refractivity contribution < 1.29 is 54.6 Å². The summed E-state index contributed by atoms with van der Waals surface area (Å²) in [4.78, 5) is 19.9. The molecule has 64 valence electrons. The van der Waals surface area contributed by atoms with E-state index in [1.165, 1.54) is 5.48 Å². The maximum Gasteiger partial charge on any atom is 1.00 e. The van der Waals surface area contributed by atoms with Crippen molar-refractivity contribution in [1.82, 2.24) is 5.48 Å². The SMILES string of the molecule is O=C(O)CC[C@H](NO)C(=O)[O-].[Na+]. The molecule has 12 heavy (non-hydrogen) atoms. The summed E-state index contributed by atoms with van der Waals surface area (Å²) in [7, 11) is 0. The molecule has 0 radical (unpaired) electrons. The molecule has 0 aromatic carbocycles. The molecule has 0 saturated heterocycles. The molecule has 0 rings (SSSR count). The quantitative estimate of drug-likeness (QED) is 0.292. The Morgan fingerprint density at radius 2 is 2.00 bits per heavy atom. The number of carbonyl (C=O) groups excluding carboxylic acids is 1. The van der Waals surface area contributed by atoms with Crippen LogP contribution >= 0.6 is 0 Å². The van der Waals surface area contributed by atoms with Crippen LogP contribution in [0.1, 0.15) is 12.8 Å². The molecule has 7 heteroatoms. The fourth-order valence-electron chi connectivity index (χ4n) is 0.503. The third-order valence-corrected chi connectivity index (χ3v) is 1.09. The predicted octanol–water partition coefficient (Wildman–Crippen LogP) is -5.05. The van der Waals surface area contributed by atoms with Gasteiger partial charge in [-0.1, -0.05) is 0 Å². The van der Waals surface area contributed by atoms with E-state index in [1.807, 2.05) is 0 Å². The molecule has 3 N–H and O–H groups in total. The summed E-state index contributed by atoms with van der Waals surface area (Å²) < 4.78 is 0. The van der Waals surface area contributed by atoms with Gasteiger partial charge in [-0.05, 0) is 6.42 Å².